The van der Waals surface area contributed by atoms with Crippen LogP contribution in [0.5, 0.6) is 11.5 Å². The lowest BCUT2D eigenvalue weighted by atomic mass is 10.0. The fourth-order valence-corrected chi connectivity index (χ4v) is 3.20. The van der Waals surface area contributed by atoms with E-state index in [0.29, 0.717) is 16.3 Å². The van der Waals surface area contributed by atoms with Crippen molar-refractivity contribution >= 4 is 15.9 Å². The lowest BCUT2D eigenvalue weighted by molar-refractivity contribution is 0.256. The molecule has 5 heteroatoms. The zero-order valence-electron chi connectivity index (χ0n) is 12.2. The summed E-state index contributed by atoms with van der Waals surface area (Å²) in [6.07, 6.45) is 3.87. The maximum Gasteiger partial charge on any atom is 0.172 e. The standard InChI is InChI=1S/C15H23BrN2O2/c1-18(10-12-5-3-4-6-17-12)9-11-7-13(16)15(19)14(8-11)20-2/h7-8,12,17,19H,3-6,9-10H2,1-2H3. The second-order valence-corrected chi connectivity index (χ2v) is 6.33. The highest BCUT2D eigenvalue weighted by molar-refractivity contribution is 9.10. The minimum Gasteiger partial charge on any atom is -0.503 e. The molecule has 0 bridgehead atoms. The normalized spacial score (nSPS) is 19.3. The van der Waals surface area contributed by atoms with Gasteiger partial charge < -0.3 is 20.1 Å². The highest BCUT2D eigenvalue weighted by Gasteiger charge is 2.15. The number of hydrogen-bond acceptors (Lipinski definition) is 4. The molecule has 1 atom stereocenters. The minimum absolute atomic E-state index is 0.160. The maximum atomic E-state index is 9.82. The van der Waals surface area contributed by atoms with Gasteiger partial charge in [-0.15, -0.1) is 0 Å². The quantitative estimate of drug-likeness (QED) is 0.863. The Morgan fingerprint density at radius 1 is 1.45 bits per heavy atom. The van der Waals surface area contributed by atoms with Gasteiger partial charge in [-0.1, -0.05) is 6.42 Å². The van der Waals surface area contributed by atoms with Crippen LogP contribution in [0.4, 0.5) is 0 Å². The van der Waals surface area contributed by atoms with Crippen molar-refractivity contribution in [1.82, 2.24) is 10.2 Å². The van der Waals surface area contributed by atoms with E-state index >= 15 is 0 Å². The van der Waals surface area contributed by atoms with Crippen LogP contribution in [0.3, 0.4) is 0 Å². The van der Waals surface area contributed by atoms with Crippen molar-refractivity contribution in [2.75, 3.05) is 27.2 Å². The first-order chi connectivity index (χ1) is 9.60. The molecule has 1 aromatic rings. The van der Waals surface area contributed by atoms with Gasteiger partial charge >= 0.3 is 0 Å². The zero-order valence-corrected chi connectivity index (χ0v) is 13.7. The fraction of sp³-hybridized carbons (Fsp3) is 0.600. The van der Waals surface area contributed by atoms with Crippen LogP contribution in [0.15, 0.2) is 16.6 Å². The first-order valence-electron chi connectivity index (χ1n) is 7.07. The smallest absolute Gasteiger partial charge is 0.172 e. The summed E-state index contributed by atoms with van der Waals surface area (Å²) in [7, 11) is 3.70. The van der Waals surface area contributed by atoms with Crippen LogP contribution >= 0.6 is 15.9 Å². The molecule has 0 aliphatic carbocycles. The number of aromatic hydroxyl groups is 1. The van der Waals surface area contributed by atoms with E-state index < -0.39 is 0 Å². The van der Waals surface area contributed by atoms with Gasteiger partial charge in [0.15, 0.2) is 11.5 Å². The predicted molar refractivity (Wildman–Crippen MR) is 84.3 cm³/mol. The molecule has 1 heterocycles. The van der Waals surface area contributed by atoms with Crippen LogP contribution in [-0.2, 0) is 6.54 Å². The monoisotopic (exact) mass is 342 g/mol. The SMILES string of the molecule is COc1cc(CN(C)CC2CCCCN2)cc(Br)c1O. The van der Waals surface area contributed by atoms with Crippen LogP contribution in [0.25, 0.3) is 0 Å². The molecule has 0 aromatic heterocycles. The molecule has 1 fully saturated rings. The molecular formula is C15H23BrN2O2. The molecule has 1 unspecified atom stereocenters. The molecule has 1 aromatic carbocycles. The number of nitrogens with zero attached hydrogens (tertiary/aromatic N) is 1. The average molecular weight is 343 g/mol. The third kappa shape index (κ3) is 4.11. The summed E-state index contributed by atoms with van der Waals surface area (Å²) in [5.41, 5.74) is 1.13. The van der Waals surface area contributed by atoms with Gasteiger partial charge in [0.1, 0.15) is 0 Å². The van der Waals surface area contributed by atoms with Crippen molar-refractivity contribution < 1.29 is 9.84 Å². The van der Waals surface area contributed by atoms with E-state index in [9.17, 15) is 5.11 Å². The second-order valence-electron chi connectivity index (χ2n) is 5.47. The third-order valence-corrected chi connectivity index (χ3v) is 4.31. The van der Waals surface area contributed by atoms with Crippen molar-refractivity contribution in [3.05, 3.63) is 22.2 Å². The number of ether oxygens (including phenoxy) is 1. The topological polar surface area (TPSA) is 44.7 Å². The van der Waals surface area contributed by atoms with Crippen LogP contribution in [-0.4, -0.2) is 43.3 Å². The van der Waals surface area contributed by atoms with E-state index in [-0.39, 0.29) is 5.75 Å². The molecule has 0 saturated carbocycles. The summed E-state index contributed by atoms with van der Waals surface area (Å²) in [6.45, 7) is 3.02. The lowest BCUT2D eigenvalue weighted by Crippen LogP contribution is -2.42. The predicted octanol–water partition coefficient (Wildman–Crippen LogP) is 2.74. The number of benzene rings is 1. The van der Waals surface area contributed by atoms with Crippen molar-refractivity contribution in [3.8, 4) is 11.5 Å². The average Bonchev–Trinajstić information content (AvgIpc) is 2.43. The summed E-state index contributed by atoms with van der Waals surface area (Å²) in [4.78, 5) is 2.31. The van der Waals surface area contributed by atoms with E-state index in [4.69, 9.17) is 4.74 Å². The summed E-state index contributed by atoms with van der Waals surface area (Å²) in [5.74, 6) is 0.673. The Morgan fingerprint density at radius 2 is 2.25 bits per heavy atom. The van der Waals surface area contributed by atoms with Crippen molar-refractivity contribution in [1.29, 1.82) is 0 Å². The molecule has 0 radical (unpaired) electrons. The summed E-state index contributed by atoms with van der Waals surface area (Å²) in [6, 6.07) is 4.43. The minimum atomic E-state index is 0.160. The van der Waals surface area contributed by atoms with Gasteiger partial charge in [0, 0.05) is 19.1 Å². The maximum absolute atomic E-state index is 9.82. The molecule has 20 heavy (non-hydrogen) atoms. The fourth-order valence-electron chi connectivity index (χ4n) is 2.71. The lowest BCUT2D eigenvalue weighted by Gasteiger charge is -2.28. The highest BCUT2D eigenvalue weighted by atomic mass is 79.9. The third-order valence-electron chi connectivity index (χ3n) is 3.71. The van der Waals surface area contributed by atoms with Crippen LogP contribution in [0.2, 0.25) is 0 Å². The number of phenols is 1. The number of piperidine rings is 1. The Labute approximate surface area is 129 Å². The van der Waals surface area contributed by atoms with E-state index in [0.717, 1.165) is 25.2 Å². The zero-order chi connectivity index (χ0) is 14.5. The van der Waals surface area contributed by atoms with Gasteiger partial charge in [-0.05, 0) is 60.1 Å². The van der Waals surface area contributed by atoms with E-state index in [2.05, 4.69) is 33.2 Å². The first kappa shape index (κ1) is 15.6. The van der Waals surface area contributed by atoms with Crippen LogP contribution in [0, 0.1) is 0 Å². The Morgan fingerprint density at radius 3 is 2.90 bits per heavy atom. The van der Waals surface area contributed by atoms with Gasteiger partial charge in [0.25, 0.3) is 0 Å². The Bertz CT molecular complexity index is 448. The van der Waals surface area contributed by atoms with Crippen LogP contribution < -0.4 is 10.1 Å². The molecule has 112 valence electrons. The molecule has 0 amide bonds. The summed E-state index contributed by atoms with van der Waals surface area (Å²) >= 11 is 3.37. The number of rotatable bonds is 5. The van der Waals surface area contributed by atoms with E-state index in [1.807, 2.05) is 12.1 Å². The van der Waals surface area contributed by atoms with Gasteiger partial charge in [0.2, 0.25) is 0 Å². The summed E-state index contributed by atoms with van der Waals surface area (Å²) < 4.78 is 5.86. The van der Waals surface area contributed by atoms with E-state index in [1.54, 1.807) is 7.11 Å². The molecule has 1 aliphatic rings. The largest absolute Gasteiger partial charge is 0.503 e. The van der Waals surface area contributed by atoms with Crippen molar-refractivity contribution in [3.63, 3.8) is 0 Å². The number of halogens is 1. The molecule has 2 N–H and O–H groups in total. The molecule has 1 aliphatic heterocycles. The first-order valence-corrected chi connectivity index (χ1v) is 7.86. The van der Waals surface area contributed by atoms with Gasteiger partial charge in [-0.2, -0.15) is 0 Å². The molecule has 2 rings (SSSR count). The van der Waals surface area contributed by atoms with Crippen molar-refractivity contribution in [2.45, 2.75) is 31.8 Å². The Balaban J connectivity index is 1.96. The van der Waals surface area contributed by atoms with Crippen LogP contribution in [0.1, 0.15) is 24.8 Å². The van der Waals surface area contributed by atoms with Gasteiger partial charge in [-0.25, -0.2) is 0 Å². The second kappa shape index (κ2) is 7.29. The Kier molecular flexibility index (Phi) is 5.69. The Hall–Kier alpha value is -0.780. The number of likely N-dealkylation sites (N-methyl/N-ethyl adjacent to an activating group) is 1. The molecular weight excluding hydrogens is 320 g/mol. The highest BCUT2D eigenvalue weighted by Crippen LogP contribution is 2.35. The number of nitrogens with one attached hydrogen (secondary N) is 1. The molecule has 1 saturated heterocycles. The van der Waals surface area contributed by atoms with Gasteiger partial charge in [0.05, 0.1) is 11.6 Å². The molecule has 4 nitrogen and oxygen atoms in total. The van der Waals surface area contributed by atoms with Crippen molar-refractivity contribution in [2.24, 2.45) is 0 Å². The van der Waals surface area contributed by atoms with Gasteiger partial charge in [-0.3, -0.25) is 0 Å². The summed E-state index contributed by atoms with van der Waals surface area (Å²) in [5, 5.41) is 13.4. The van der Waals surface area contributed by atoms with E-state index in [1.165, 1.54) is 19.3 Å². The molecule has 0 spiro atoms. The number of hydrogen-bond donors (Lipinski definition) is 2. The number of methoxy groups -OCH3 is 1. The number of phenolic OH excluding ortho intramolecular Hbond substituents is 1.